The van der Waals surface area contributed by atoms with Gasteiger partial charge in [-0.2, -0.15) is 0 Å². The molecule has 0 aliphatic rings. The van der Waals surface area contributed by atoms with Crippen LogP contribution < -0.4 is 15.8 Å². The van der Waals surface area contributed by atoms with Crippen molar-refractivity contribution in [2.45, 2.75) is 38.6 Å². The molecule has 24 heavy (non-hydrogen) atoms. The molecule has 0 aromatic heterocycles. The Balaban J connectivity index is 2.03. The summed E-state index contributed by atoms with van der Waals surface area (Å²) >= 11 is 0. The quantitative estimate of drug-likeness (QED) is 0.724. The highest BCUT2D eigenvalue weighted by Gasteiger charge is 2.14. The van der Waals surface area contributed by atoms with Gasteiger partial charge in [0.1, 0.15) is 5.75 Å². The fourth-order valence-electron chi connectivity index (χ4n) is 2.63. The van der Waals surface area contributed by atoms with Crippen molar-refractivity contribution in [3.8, 4) is 5.75 Å². The van der Waals surface area contributed by atoms with E-state index < -0.39 is 0 Å². The number of carbonyl (C=O) groups excluding carboxylic acids is 1. The first-order valence-corrected chi connectivity index (χ1v) is 8.40. The van der Waals surface area contributed by atoms with Crippen LogP contribution in [0.4, 0.5) is 5.69 Å². The Morgan fingerprint density at radius 2 is 1.79 bits per heavy atom. The van der Waals surface area contributed by atoms with Crippen molar-refractivity contribution >= 4 is 11.6 Å². The van der Waals surface area contributed by atoms with Crippen LogP contribution >= 0.6 is 0 Å². The lowest BCUT2D eigenvalue weighted by Crippen LogP contribution is -2.29. The van der Waals surface area contributed by atoms with Crippen LogP contribution in [0.2, 0.25) is 0 Å². The van der Waals surface area contributed by atoms with Crippen molar-refractivity contribution in [1.82, 2.24) is 5.32 Å². The summed E-state index contributed by atoms with van der Waals surface area (Å²) in [7, 11) is 1.65. The molecule has 0 saturated carbocycles. The number of ether oxygens (including phenoxy) is 1. The smallest absolute Gasteiger partial charge is 0.224 e. The van der Waals surface area contributed by atoms with Crippen LogP contribution in [-0.4, -0.2) is 13.0 Å². The van der Waals surface area contributed by atoms with E-state index >= 15 is 0 Å². The molecule has 128 valence electrons. The molecular weight excluding hydrogens is 300 g/mol. The number of carbonyl (C=O) groups is 1. The van der Waals surface area contributed by atoms with Crippen molar-refractivity contribution in [1.29, 1.82) is 0 Å². The molecule has 0 heterocycles. The molecule has 2 rings (SSSR count). The number of nitrogen functional groups attached to an aromatic ring is 1. The van der Waals surface area contributed by atoms with Crippen molar-refractivity contribution in [3.05, 3.63) is 59.7 Å². The minimum absolute atomic E-state index is 0.0247. The van der Waals surface area contributed by atoms with Crippen LogP contribution in [0, 0.1) is 0 Å². The summed E-state index contributed by atoms with van der Waals surface area (Å²) in [6.45, 7) is 2.15. The zero-order chi connectivity index (χ0) is 17.4. The lowest BCUT2D eigenvalue weighted by molar-refractivity contribution is -0.121. The highest BCUT2D eigenvalue weighted by Crippen LogP contribution is 2.22. The van der Waals surface area contributed by atoms with Gasteiger partial charge in [-0.3, -0.25) is 4.79 Å². The van der Waals surface area contributed by atoms with Crippen molar-refractivity contribution in [2.24, 2.45) is 0 Å². The molecule has 1 atom stereocenters. The first-order valence-electron chi connectivity index (χ1n) is 8.40. The first kappa shape index (κ1) is 17.9. The second-order valence-electron chi connectivity index (χ2n) is 5.95. The number of nitrogens with two attached hydrogens (primary N) is 1. The highest BCUT2D eigenvalue weighted by molar-refractivity contribution is 5.79. The van der Waals surface area contributed by atoms with Crippen molar-refractivity contribution in [2.75, 3.05) is 12.8 Å². The fourth-order valence-corrected chi connectivity index (χ4v) is 2.63. The molecule has 0 aliphatic carbocycles. The van der Waals surface area contributed by atoms with E-state index in [2.05, 4.69) is 12.2 Å². The number of rotatable bonds is 8. The van der Waals surface area contributed by atoms with E-state index in [9.17, 15) is 4.79 Å². The van der Waals surface area contributed by atoms with Gasteiger partial charge < -0.3 is 15.8 Å². The van der Waals surface area contributed by atoms with Gasteiger partial charge >= 0.3 is 0 Å². The standard InChI is InChI=1S/C20H26N2O2/c1-3-4-5-19(16-8-12-18(24-2)13-9-16)22-20(23)14-15-6-10-17(21)11-7-15/h6-13,19H,3-5,14,21H2,1-2H3,(H,22,23). The Morgan fingerprint density at radius 1 is 1.12 bits per heavy atom. The van der Waals surface area contributed by atoms with Crippen LogP contribution in [0.5, 0.6) is 5.75 Å². The van der Waals surface area contributed by atoms with Crippen LogP contribution in [-0.2, 0) is 11.2 Å². The normalized spacial score (nSPS) is 11.8. The molecule has 0 radical (unpaired) electrons. The summed E-state index contributed by atoms with van der Waals surface area (Å²) in [5.74, 6) is 0.845. The molecular formula is C20H26N2O2. The number of nitrogens with one attached hydrogen (secondary N) is 1. The lowest BCUT2D eigenvalue weighted by atomic mass is 10.0. The number of hydrogen-bond acceptors (Lipinski definition) is 3. The average molecular weight is 326 g/mol. The van der Waals surface area contributed by atoms with Gasteiger partial charge in [0.25, 0.3) is 0 Å². The zero-order valence-electron chi connectivity index (χ0n) is 14.4. The molecule has 0 bridgehead atoms. The number of hydrogen-bond donors (Lipinski definition) is 2. The molecule has 0 spiro atoms. The number of benzene rings is 2. The van der Waals surface area contributed by atoms with Gasteiger partial charge in [0.05, 0.1) is 19.6 Å². The largest absolute Gasteiger partial charge is 0.497 e. The fraction of sp³-hybridized carbons (Fsp3) is 0.350. The van der Waals surface area contributed by atoms with Crippen LogP contribution in [0.25, 0.3) is 0 Å². The van der Waals surface area contributed by atoms with E-state index in [-0.39, 0.29) is 11.9 Å². The Morgan fingerprint density at radius 3 is 2.38 bits per heavy atom. The van der Waals surface area contributed by atoms with Crippen molar-refractivity contribution < 1.29 is 9.53 Å². The summed E-state index contributed by atoms with van der Waals surface area (Å²) in [4.78, 5) is 12.4. The second kappa shape index (κ2) is 8.96. The number of anilines is 1. The summed E-state index contributed by atoms with van der Waals surface area (Å²) in [6.07, 6.45) is 3.45. The molecule has 4 nitrogen and oxygen atoms in total. The molecule has 2 aromatic carbocycles. The molecule has 0 saturated heterocycles. The van der Waals surface area contributed by atoms with Gasteiger partial charge in [-0.15, -0.1) is 0 Å². The molecule has 2 aromatic rings. The van der Waals surface area contributed by atoms with E-state index in [0.29, 0.717) is 12.1 Å². The SMILES string of the molecule is CCCCC(NC(=O)Cc1ccc(N)cc1)c1ccc(OC)cc1. The molecule has 0 aliphatic heterocycles. The lowest BCUT2D eigenvalue weighted by Gasteiger charge is -2.19. The molecule has 3 N–H and O–H groups in total. The van der Waals surface area contributed by atoms with E-state index in [0.717, 1.165) is 36.1 Å². The maximum Gasteiger partial charge on any atom is 0.224 e. The van der Waals surface area contributed by atoms with Gasteiger partial charge in [-0.25, -0.2) is 0 Å². The molecule has 1 amide bonds. The van der Waals surface area contributed by atoms with E-state index in [1.54, 1.807) is 7.11 Å². The predicted molar refractivity (Wildman–Crippen MR) is 98.0 cm³/mol. The van der Waals surface area contributed by atoms with Crippen LogP contribution in [0.15, 0.2) is 48.5 Å². The topological polar surface area (TPSA) is 64.4 Å². The molecule has 1 unspecified atom stereocenters. The van der Waals surface area contributed by atoms with E-state index in [1.165, 1.54) is 0 Å². The third-order valence-electron chi connectivity index (χ3n) is 4.04. The first-order chi connectivity index (χ1) is 11.6. The van der Waals surface area contributed by atoms with Crippen molar-refractivity contribution in [3.63, 3.8) is 0 Å². The van der Waals surface area contributed by atoms with Gasteiger partial charge in [0.2, 0.25) is 5.91 Å². The average Bonchev–Trinajstić information content (AvgIpc) is 2.60. The monoisotopic (exact) mass is 326 g/mol. The minimum atomic E-state index is 0.0247. The number of unbranched alkanes of at least 4 members (excludes halogenated alkanes) is 1. The Kier molecular flexibility index (Phi) is 6.67. The minimum Gasteiger partial charge on any atom is -0.497 e. The Labute approximate surface area is 144 Å². The Bertz CT molecular complexity index is 636. The van der Waals surface area contributed by atoms with Crippen LogP contribution in [0.1, 0.15) is 43.4 Å². The molecule has 4 heteroatoms. The third-order valence-corrected chi connectivity index (χ3v) is 4.04. The number of amides is 1. The second-order valence-corrected chi connectivity index (χ2v) is 5.95. The number of methoxy groups -OCH3 is 1. The third kappa shape index (κ3) is 5.30. The van der Waals surface area contributed by atoms with Gasteiger partial charge in [-0.05, 0) is 41.8 Å². The summed E-state index contributed by atoms with van der Waals surface area (Å²) < 4.78 is 5.20. The summed E-state index contributed by atoms with van der Waals surface area (Å²) in [6, 6.07) is 15.3. The summed E-state index contributed by atoms with van der Waals surface area (Å²) in [5.41, 5.74) is 8.46. The molecule has 0 fully saturated rings. The zero-order valence-corrected chi connectivity index (χ0v) is 14.4. The maximum atomic E-state index is 12.4. The van der Waals surface area contributed by atoms with E-state index in [1.807, 2.05) is 48.5 Å². The van der Waals surface area contributed by atoms with Gasteiger partial charge in [-0.1, -0.05) is 44.0 Å². The van der Waals surface area contributed by atoms with E-state index in [4.69, 9.17) is 10.5 Å². The highest BCUT2D eigenvalue weighted by atomic mass is 16.5. The van der Waals surface area contributed by atoms with Gasteiger partial charge in [0, 0.05) is 5.69 Å². The van der Waals surface area contributed by atoms with Crippen LogP contribution in [0.3, 0.4) is 0 Å². The Hall–Kier alpha value is -2.49. The van der Waals surface area contributed by atoms with Gasteiger partial charge in [0.15, 0.2) is 0 Å². The maximum absolute atomic E-state index is 12.4. The summed E-state index contributed by atoms with van der Waals surface area (Å²) in [5, 5.41) is 3.16. The predicted octanol–water partition coefficient (Wildman–Crippen LogP) is 3.87.